The lowest BCUT2D eigenvalue weighted by molar-refractivity contribution is 0.499. The van der Waals surface area contributed by atoms with Gasteiger partial charge in [-0.15, -0.1) is 5.10 Å². The van der Waals surface area contributed by atoms with Gasteiger partial charge in [-0.2, -0.15) is 4.68 Å². The lowest BCUT2D eigenvalue weighted by atomic mass is 10.2. The lowest BCUT2D eigenvalue weighted by Crippen LogP contribution is -2.16. The maximum Gasteiger partial charge on any atom is 0.214 e. The quantitative estimate of drug-likeness (QED) is 0.300. The number of nitrogens with zero attached hydrogens (tertiary/aromatic N) is 4. The van der Waals surface area contributed by atoms with E-state index in [0.717, 1.165) is 40.2 Å². The molecule has 9 heteroatoms. The SMILES string of the molecule is Clc1ccc(-c2ccc(CNCCSc3nnnn3-c3ccccc3)o2)c(Cl)c1. The second-order valence-corrected chi connectivity index (χ2v) is 8.03. The van der Waals surface area contributed by atoms with Gasteiger partial charge in [0.1, 0.15) is 11.5 Å². The summed E-state index contributed by atoms with van der Waals surface area (Å²) < 4.78 is 7.62. The molecule has 0 bridgehead atoms. The van der Waals surface area contributed by atoms with E-state index in [1.165, 1.54) is 0 Å². The Labute approximate surface area is 182 Å². The van der Waals surface area contributed by atoms with Gasteiger partial charge in [-0.05, 0) is 52.9 Å². The van der Waals surface area contributed by atoms with Crippen LogP contribution < -0.4 is 5.32 Å². The van der Waals surface area contributed by atoms with E-state index in [4.69, 9.17) is 27.6 Å². The highest BCUT2D eigenvalue weighted by Gasteiger charge is 2.10. The molecule has 0 saturated heterocycles. The van der Waals surface area contributed by atoms with Crippen molar-refractivity contribution in [1.29, 1.82) is 0 Å². The first kappa shape index (κ1) is 20.0. The van der Waals surface area contributed by atoms with Crippen molar-refractivity contribution in [2.45, 2.75) is 11.7 Å². The molecule has 0 saturated carbocycles. The van der Waals surface area contributed by atoms with Crippen LogP contribution in [0.15, 0.2) is 70.2 Å². The van der Waals surface area contributed by atoms with Crippen LogP contribution in [-0.2, 0) is 6.54 Å². The molecule has 0 fully saturated rings. The molecule has 0 unspecified atom stereocenters. The van der Waals surface area contributed by atoms with Crippen molar-refractivity contribution >= 4 is 35.0 Å². The summed E-state index contributed by atoms with van der Waals surface area (Å²) in [4.78, 5) is 0. The number of hydrogen-bond acceptors (Lipinski definition) is 6. The lowest BCUT2D eigenvalue weighted by Gasteiger charge is -2.05. The van der Waals surface area contributed by atoms with Gasteiger partial charge in [0, 0.05) is 22.9 Å². The van der Waals surface area contributed by atoms with Crippen molar-refractivity contribution in [2.24, 2.45) is 0 Å². The molecule has 2 heterocycles. The van der Waals surface area contributed by atoms with Gasteiger partial charge < -0.3 is 9.73 Å². The molecule has 1 N–H and O–H groups in total. The molecule has 6 nitrogen and oxygen atoms in total. The van der Waals surface area contributed by atoms with Crippen LogP contribution in [0.1, 0.15) is 5.76 Å². The Morgan fingerprint density at radius 1 is 1.03 bits per heavy atom. The van der Waals surface area contributed by atoms with Gasteiger partial charge in [0.05, 0.1) is 17.3 Å². The average molecular weight is 446 g/mol. The number of hydrogen-bond donors (Lipinski definition) is 1. The number of halogens is 2. The summed E-state index contributed by atoms with van der Waals surface area (Å²) in [6, 6.07) is 19.0. The van der Waals surface area contributed by atoms with Crippen LogP contribution in [0.25, 0.3) is 17.0 Å². The molecular formula is C20H17Cl2N5OS. The highest BCUT2D eigenvalue weighted by molar-refractivity contribution is 7.99. The van der Waals surface area contributed by atoms with E-state index in [2.05, 4.69) is 20.8 Å². The smallest absolute Gasteiger partial charge is 0.214 e. The number of aromatic nitrogens is 4. The summed E-state index contributed by atoms with van der Waals surface area (Å²) in [5.41, 5.74) is 1.77. The standard InChI is InChI=1S/C20H17Cl2N5OS/c21-14-6-8-17(18(22)12-14)19-9-7-16(28-19)13-23-10-11-29-20-24-25-26-27(20)15-4-2-1-3-5-15/h1-9,12,23H,10-11,13H2. The average Bonchev–Trinajstić information content (AvgIpc) is 3.38. The van der Waals surface area contributed by atoms with E-state index in [1.54, 1.807) is 28.6 Å². The van der Waals surface area contributed by atoms with Crippen molar-refractivity contribution in [3.63, 3.8) is 0 Å². The van der Waals surface area contributed by atoms with Gasteiger partial charge in [-0.3, -0.25) is 0 Å². The molecule has 0 aliphatic heterocycles. The Balaban J connectivity index is 1.27. The van der Waals surface area contributed by atoms with Gasteiger partial charge in [0.25, 0.3) is 0 Å². The number of furan rings is 1. The van der Waals surface area contributed by atoms with Crippen molar-refractivity contribution in [2.75, 3.05) is 12.3 Å². The molecule has 2 aromatic heterocycles. The predicted octanol–water partition coefficient (Wildman–Crippen LogP) is 5.11. The Morgan fingerprint density at radius 2 is 1.90 bits per heavy atom. The first-order valence-electron chi connectivity index (χ1n) is 8.92. The van der Waals surface area contributed by atoms with E-state index in [1.807, 2.05) is 48.5 Å². The normalized spacial score (nSPS) is 11.1. The number of nitrogens with one attached hydrogen (secondary N) is 1. The third kappa shape index (κ3) is 5.00. The Morgan fingerprint density at radius 3 is 2.72 bits per heavy atom. The Kier molecular flexibility index (Phi) is 6.51. The number of thioether (sulfide) groups is 1. The third-order valence-corrected chi connectivity index (χ3v) is 5.58. The van der Waals surface area contributed by atoms with Crippen LogP contribution in [0.4, 0.5) is 0 Å². The monoisotopic (exact) mass is 445 g/mol. The summed E-state index contributed by atoms with van der Waals surface area (Å²) >= 11 is 13.8. The van der Waals surface area contributed by atoms with E-state index in [-0.39, 0.29) is 0 Å². The highest BCUT2D eigenvalue weighted by atomic mass is 35.5. The van der Waals surface area contributed by atoms with E-state index in [0.29, 0.717) is 16.6 Å². The van der Waals surface area contributed by atoms with Gasteiger partial charge >= 0.3 is 0 Å². The number of para-hydroxylation sites is 1. The van der Waals surface area contributed by atoms with Gasteiger partial charge in [0.2, 0.25) is 5.16 Å². The molecule has 29 heavy (non-hydrogen) atoms. The molecule has 0 spiro atoms. The molecule has 4 rings (SSSR count). The zero-order chi connectivity index (χ0) is 20.1. The molecule has 0 amide bonds. The summed E-state index contributed by atoms with van der Waals surface area (Å²) in [5, 5.41) is 17.2. The maximum atomic E-state index is 6.24. The van der Waals surface area contributed by atoms with E-state index < -0.39 is 0 Å². The molecule has 148 valence electrons. The third-order valence-electron chi connectivity index (χ3n) is 4.11. The maximum absolute atomic E-state index is 6.24. The fraction of sp³-hybridized carbons (Fsp3) is 0.150. The van der Waals surface area contributed by atoms with Crippen LogP contribution in [0, 0.1) is 0 Å². The molecular weight excluding hydrogens is 429 g/mol. The largest absolute Gasteiger partial charge is 0.460 e. The summed E-state index contributed by atoms with van der Waals surface area (Å²) in [6.07, 6.45) is 0. The molecule has 4 aromatic rings. The zero-order valence-corrected chi connectivity index (χ0v) is 17.6. The number of rotatable bonds is 8. The molecule has 0 aliphatic carbocycles. The second kappa shape index (κ2) is 9.45. The molecule has 2 aromatic carbocycles. The predicted molar refractivity (Wildman–Crippen MR) is 116 cm³/mol. The second-order valence-electron chi connectivity index (χ2n) is 6.12. The van der Waals surface area contributed by atoms with Crippen molar-refractivity contribution in [3.8, 4) is 17.0 Å². The Hall–Kier alpha value is -2.32. The van der Waals surface area contributed by atoms with Crippen molar-refractivity contribution in [1.82, 2.24) is 25.5 Å². The van der Waals surface area contributed by atoms with Gasteiger partial charge in [0.15, 0.2) is 0 Å². The number of tetrazole rings is 1. The topological polar surface area (TPSA) is 68.8 Å². The van der Waals surface area contributed by atoms with Gasteiger partial charge in [-0.1, -0.05) is 53.2 Å². The van der Waals surface area contributed by atoms with Gasteiger partial charge in [-0.25, -0.2) is 0 Å². The summed E-state index contributed by atoms with van der Waals surface area (Å²) in [5.74, 6) is 2.38. The first-order valence-corrected chi connectivity index (χ1v) is 10.7. The fourth-order valence-corrected chi connectivity index (χ4v) is 4.02. The van der Waals surface area contributed by atoms with Crippen LogP contribution in [0.2, 0.25) is 10.0 Å². The Bertz CT molecular complexity index is 1080. The van der Waals surface area contributed by atoms with E-state index in [9.17, 15) is 0 Å². The van der Waals surface area contributed by atoms with E-state index >= 15 is 0 Å². The van der Waals surface area contributed by atoms with Crippen molar-refractivity contribution < 1.29 is 4.42 Å². The minimum Gasteiger partial charge on any atom is -0.460 e. The first-order chi connectivity index (χ1) is 14.2. The summed E-state index contributed by atoms with van der Waals surface area (Å²) in [7, 11) is 0. The van der Waals surface area contributed by atoms with Crippen LogP contribution in [0.5, 0.6) is 0 Å². The van der Waals surface area contributed by atoms with Crippen LogP contribution >= 0.6 is 35.0 Å². The fourth-order valence-electron chi connectivity index (χ4n) is 2.73. The molecule has 0 aliphatic rings. The van der Waals surface area contributed by atoms with Crippen LogP contribution in [0.3, 0.4) is 0 Å². The minimum atomic E-state index is 0.568. The zero-order valence-electron chi connectivity index (χ0n) is 15.3. The molecule has 0 radical (unpaired) electrons. The minimum absolute atomic E-state index is 0.568. The van der Waals surface area contributed by atoms with Crippen molar-refractivity contribution in [3.05, 3.63) is 76.5 Å². The summed E-state index contributed by atoms with van der Waals surface area (Å²) in [6.45, 7) is 1.40. The number of benzene rings is 2. The highest BCUT2D eigenvalue weighted by Crippen LogP contribution is 2.31. The molecule has 0 atom stereocenters. The van der Waals surface area contributed by atoms with Crippen LogP contribution in [-0.4, -0.2) is 32.5 Å².